The molecule has 0 unspecified atom stereocenters. The number of rotatable bonds is 6. The van der Waals surface area contributed by atoms with Crippen molar-refractivity contribution in [1.82, 2.24) is 15.6 Å². The second kappa shape index (κ2) is 7.37. The van der Waals surface area contributed by atoms with Gasteiger partial charge in [-0.15, -0.1) is 0 Å². The van der Waals surface area contributed by atoms with Gasteiger partial charge in [-0.1, -0.05) is 0 Å². The monoisotopic (exact) mass is 385 g/mol. The van der Waals surface area contributed by atoms with E-state index in [1.807, 2.05) is 19.9 Å². The lowest BCUT2D eigenvalue weighted by molar-refractivity contribution is -0.146. The van der Waals surface area contributed by atoms with E-state index in [2.05, 4.69) is 15.6 Å². The maximum Gasteiger partial charge on any atom is 0.253 e. The highest BCUT2D eigenvalue weighted by atomic mass is 16.2. The number of nitrogens with one attached hydrogen (secondary N) is 3. The van der Waals surface area contributed by atoms with E-state index in [1.165, 1.54) is 19.3 Å². The summed E-state index contributed by atoms with van der Waals surface area (Å²) < 4.78 is 0. The van der Waals surface area contributed by atoms with Gasteiger partial charge in [-0.05, 0) is 81.8 Å². The average Bonchev–Trinajstić information content (AvgIpc) is 2.59. The van der Waals surface area contributed by atoms with Crippen LogP contribution in [-0.4, -0.2) is 23.3 Å². The van der Waals surface area contributed by atoms with E-state index in [0.29, 0.717) is 12.1 Å². The van der Waals surface area contributed by atoms with E-state index >= 15 is 0 Å². The molecule has 4 aliphatic carbocycles. The summed E-state index contributed by atoms with van der Waals surface area (Å²) in [6.07, 6.45) is 7.28. The number of carbonyl (C=O) groups excluding carboxylic acids is 2. The Morgan fingerprint density at radius 2 is 1.68 bits per heavy atom. The minimum Gasteiger partial charge on any atom is -0.355 e. The number of aromatic nitrogens is 1. The Labute approximate surface area is 165 Å². The van der Waals surface area contributed by atoms with Crippen LogP contribution in [0.2, 0.25) is 0 Å². The van der Waals surface area contributed by atoms with Crippen LogP contribution in [0.25, 0.3) is 0 Å². The van der Waals surface area contributed by atoms with Gasteiger partial charge >= 0.3 is 0 Å². The number of hydrogen-bond donors (Lipinski definition) is 3. The lowest BCUT2D eigenvalue weighted by Crippen LogP contribution is -2.53. The molecule has 1 aromatic rings. The number of H-pyrrole nitrogens is 1. The molecule has 1 aromatic heterocycles. The van der Waals surface area contributed by atoms with Crippen molar-refractivity contribution in [3.63, 3.8) is 0 Å². The molecule has 3 N–H and O–H groups in total. The fourth-order valence-corrected chi connectivity index (χ4v) is 6.24. The van der Waals surface area contributed by atoms with E-state index in [-0.39, 0.29) is 35.8 Å². The second-order valence-corrected chi connectivity index (χ2v) is 9.42. The summed E-state index contributed by atoms with van der Waals surface area (Å²) in [5.41, 5.74) is 1.93. The molecular formula is C22H31N3O3. The van der Waals surface area contributed by atoms with Crippen molar-refractivity contribution in [2.75, 3.05) is 6.54 Å². The third-order valence-corrected chi connectivity index (χ3v) is 7.11. The first-order chi connectivity index (χ1) is 13.3. The maximum atomic E-state index is 12.9. The third kappa shape index (κ3) is 3.74. The first kappa shape index (κ1) is 19.2. The summed E-state index contributed by atoms with van der Waals surface area (Å²) in [5, 5.41) is 5.83. The van der Waals surface area contributed by atoms with Gasteiger partial charge in [-0.2, -0.15) is 0 Å². The molecule has 4 saturated carbocycles. The summed E-state index contributed by atoms with van der Waals surface area (Å²) in [7, 11) is 0. The first-order valence-electron chi connectivity index (χ1n) is 10.6. The van der Waals surface area contributed by atoms with Crippen LogP contribution >= 0.6 is 0 Å². The van der Waals surface area contributed by atoms with Gasteiger partial charge in [-0.25, -0.2) is 0 Å². The summed E-state index contributed by atoms with van der Waals surface area (Å²) >= 11 is 0. The van der Waals surface area contributed by atoms with Gasteiger partial charge in [0.15, 0.2) is 0 Å². The predicted molar refractivity (Wildman–Crippen MR) is 107 cm³/mol. The van der Waals surface area contributed by atoms with Crippen LogP contribution in [0.1, 0.15) is 61.8 Å². The molecule has 4 aliphatic rings. The normalized spacial score (nSPS) is 30.3. The second-order valence-electron chi connectivity index (χ2n) is 9.42. The van der Waals surface area contributed by atoms with Crippen LogP contribution in [-0.2, 0) is 16.1 Å². The summed E-state index contributed by atoms with van der Waals surface area (Å²) in [5.74, 6) is 2.21. The molecule has 5 rings (SSSR count). The van der Waals surface area contributed by atoms with E-state index in [4.69, 9.17) is 0 Å². The summed E-state index contributed by atoms with van der Waals surface area (Å²) in [4.78, 5) is 39.8. The standard InChI is InChI=1S/C22H31N3O3/c1-13-5-14(2)25-20(27)18(13)12-24-19(26)3-4-23-21(28)22-9-15-6-16(10-22)8-17(7-15)11-22/h5,15-17H,3-4,6-12H2,1-2H3,(H,23,28)(H,24,26)(H,25,27). The quantitative estimate of drug-likeness (QED) is 0.702. The minimum absolute atomic E-state index is 0.148. The number of aryl methyl sites for hydroxylation is 2. The zero-order chi connectivity index (χ0) is 19.9. The lowest BCUT2D eigenvalue weighted by Gasteiger charge is -2.55. The Kier molecular flexibility index (Phi) is 5.06. The van der Waals surface area contributed by atoms with Crippen LogP contribution in [0.4, 0.5) is 0 Å². The highest BCUT2D eigenvalue weighted by molar-refractivity contribution is 5.84. The van der Waals surface area contributed by atoms with Crippen LogP contribution in [0, 0.1) is 37.0 Å². The van der Waals surface area contributed by atoms with Crippen molar-refractivity contribution in [3.05, 3.63) is 33.2 Å². The summed E-state index contributed by atoms with van der Waals surface area (Å²) in [6.45, 7) is 4.28. The topological polar surface area (TPSA) is 91.1 Å². The average molecular weight is 386 g/mol. The molecule has 0 aromatic carbocycles. The van der Waals surface area contributed by atoms with Crippen molar-refractivity contribution in [2.45, 2.75) is 65.3 Å². The number of hydrogen-bond acceptors (Lipinski definition) is 3. The van der Waals surface area contributed by atoms with E-state index < -0.39 is 0 Å². The van der Waals surface area contributed by atoms with Crippen LogP contribution in [0.3, 0.4) is 0 Å². The molecule has 28 heavy (non-hydrogen) atoms. The zero-order valence-electron chi connectivity index (χ0n) is 16.9. The molecule has 4 bridgehead atoms. The highest BCUT2D eigenvalue weighted by Gasteiger charge is 2.54. The van der Waals surface area contributed by atoms with Crippen LogP contribution < -0.4 is 16.2 Å². The molecule has 0 aliphatic heterocycles. The molecule has 0 atom stereocenters. The number of amides is 2. The van der Waals surface area contributed by atoms with Gasteiger partial charge in [0.2, 0.25) is 11.8 Å². The van der Waals surface area contributed by atoms with Gasteiger partial charge < -0.3 is 15.6 Å². The van der Waals surface area contributed by atoms with Crippen LogP contribution in [0.15, 0.2) is 10.9 Å². The van der Waals surface area contributed by atoms with Gasteiger partial charge in [0.25, 0.3) is 5.56 Å². The largest absolute Gasteiger partial charge is 0.355 e. The van der Waals surface area contributed by atoms with Crippen molar-refractivity contribution >= 4 is 11.8 Å². The van der Waals surface area contributed by atoms with E-state index in [0.717, 1.165) is 48.3 Å². The Balaban J connectivity index is 1.25. The number of carbonyl (C=O) groups is 2. The fraction of sp³-hybridized carbons (Fsp3) is 0.682. The molecule has 2 amide bonds. The molecule has 0 spiro atoms. The Bertz CT molecular complexity index is 807. The molecule has 0 radical (unpaired) electrons. The number of pyridine rings is 1. The third-order valence-electron chi connectivity index (χ3n) is 7.11. The van der Waals surface area contributed by atoms with E-state index in [1.54, 1.807) is 0 Å². The Morgan fingerprint density at radius 1 is 1.07 bits per heavy atom. The van der Waals surface area contributed by atoms with Gasteiger partial charge in [0, 0.05) is 36.2 Å². The molecule has 0 saturated heterocycles. The molecule has 4 fully saturated rings. The summed E-state index contributed by atoms with van der Waals surface area (Å²) in [6, 6.07) is 1.90. The van der Waals surface area contributed by atoms with Crippen molar-refractivity contribution in [2.24, 2.45) is 23.2 Å². The van der Waals surface area contributed by atoms with Crippen LogP contribution in [0.5, 0.6) is 0 Å². The van der Waals surface area contributed by atoms with Crippen molar-refractivity contribution < 1.29 is 9.59 Å². The maximum absolute atomic E-state index is 12.9. The van der Waals surface area contributed by atoms with Gasteiger partial charge in [0.1, 0.15) is 0 Å². The molecule has 1 heterocycles. The lowest BCUT2D eigenvalue weighted by atomic mass is 9.49. The smallest absolute Gasteiger partial charge is 0.253 e. The zero-order valence-corrected chi connectivity index (χ0v) is 16.9. The fourth-order valence-electron chi connectivity index (χ4n) is 6.24. The first-order valence-corrected chi connectivity index (χ1v) is 10.6. The molecular weight excluding hydrogens is 354 g/mol. The Hall–Kier alpha value is -2.11. The minimum atomic E-state index is -0.169. The Morgan fingerprint density at radius 3 is 2.25 bits per heavy atom. The molecule has 152 valence electrons. The molecule has 6 nitrogen and oxygen atoms in total. The molecule has 6 heteroatoms. The highest BCUT2D eigenvalue weighted by Crippen LogP contribution is 2.60. The number of aromatic amines is 1. The predicted octanol–water partition coefficient (Wildman–Crippen LogP) is 2.33. The van der Waals surface area contributed by atoms with Crippen molar-refractivity contribution in [1.29, 1.82) is 0 Å². The van der Waals surface area contributed by atoms with Gasteiger partial charge in [-0.3, -0.25) is 14.4 Å². The van der Waals surface area contributed by atoms with Gasteiger partial charge in [0.05, 0.1) is 0 Å². The van der Waals surface area contributed by atoms with Crippen molar-refractivity contribution in [3.8, 4) is 0 Å². The van der Waals surface area contributed by atoms with E-state index in [9.17, 15) is 14.4 Å². The SMILES string of the molecule is Cc1cc(C)c(CNC(=O)CCNC(=O)C23CC4CC(CC(C4)C2)C3)c(=O)[nH]1.